The highest BCUT2D eigenvalue weighted by Gasteiger charge is 2.45. The van der Waals surface area contributed by atoms with E-state index >= 15 is 0 Å². The Balaban J connectivity index is 1.09. The summed E-state index contributed by atoms with van der Waals surface area (Å²) in [5.41, 5.74) is 4.15. The molecule has 2 fully saturated rings. The molecule has 224 valence electrons. The Morgan fingerprint density at radius 3 is 2.43 bits per heavy atom. The lowest BCUT2D eigenvalue weighted by Crippen LogP contribution is -2.61. The fourth-order valence-electron chi connectivity index (χ4n) is 7.14. The van der Waals surface area contributed by atoms with Crippen LogP contribution in [0.3, 0.4) is 0 Å². The summed E-state index contributed by atoms with van der Waals surface area (Å²) in [5, 5.41) is 25.1. The van der Waals surface area contributed by atoms with Crippen LogP contribution >= 0.6 is 0 Å². The highest BCUT2D eigenvalue weighted by Crippen LogP contribution is 2.45. The smallest absolute Gasteiger partial charge is 0.352 e. The van der Waals surface area contributed by atoms with Gasteiger partial charge in [0.2, 0.25) is 5.91 Å². The maximum Gasteiger partial charge on any atom is 0.352 e. The van der Waals surface area contributed by atoms with Gasteiger partial charge < -0.3 is 20.3 Å². The van der Waals surface area contributed by atoms with Crippen LogP contribution in [0.2, 0.25) is 0 Å². The molecule has 3 aromatic carbocycles. The van der Waals surface area contributed by atoms with Crippen molar-refractivity contribution in [3.8, 4) is 0 Å². The average Bonchev–Trinajstić information content (AvgIpc) is 3.59. The molecule has 9 heteroatoms. The van der Waals surface area contributed by atoms with Crippen molar-refractivity contribution in [1.82, 2.24) is 20.1 Å². The predicted molar refractivity (Wildman–Crippen MR) is 169 cm³/mol. The maximum absolute atomic E-state index is 13.5. The molecule has 2 aliphatic carbocycles. The second-order valence-electron chi connectivity index (χ2n) is 12.3. The van der Waals surface area contributed by atoms with Gasteiger partial charge in [-0.1, -0.05) is 49.2 Å². The number of nitrogens with zero attached hydrogens (tertiary/aromatic N) is 2. The van der Waals surface area contributed by atoms with E-state index in [1.54, 1.807) is 41.9 Å². The van der Waals surface area contributed by atoms with Gasteiger partial charge in [-0.25, -0.2) is 4.79 Å². The number of hydrogen-bond acceptors (Lipinski definition) is 4. The molecule has 7 rings (SSSR count). The fraction of sp³-hybridized carbons (Fsp3) is 0.314. The van der Waals surface area contributed by atoms with Crippen molar-refractivity contribution < 1.29 is 19.5 Å². The van der Waals surface area contributed by atoms with Crippen LogP contribution < -0.4 is 10.6 Å². The minimum Gasteiger partial charge on any atom is -0.477 e. The number of carboxylic acids is 1. The lowest BCUT2D eigenvalue weighted by Gasteiger charge is -2.40. The van der Waals surface area contributed by atoms with E-state index < -0.39 is 11.5 Å². The number of H-pyrrole nitrogens is 1. The van der Waals surface area contributed by atoms with Crippen LogP contribution in [-0.2, 0) is 11.8 Å². The zero-order valence-corrected chi connectivity index (χ0v) is 24.6. The standard InChI is InChI=1S/C35H35N5O4/c1-40-29-15-13-24(18-23(29)20-30(40)33(42)43)36-34(44)35(16-7-17-35)37-32(41)22-12-14-27-28(19-22)38-39-31(27)26-11-6-5-10-25(26)21-8-3-2-4-9-21/h2-4,8-9,12-15,18-20,25-26H,5-7,10-11,16-17H2,1H3,(H,36,44)(H,37,41)(H,38,39)(H,42,43). The molecule has 2 unspecified atom stereocenters. The van der Waals surface area contributed by atoms with Gasteiger partial charge in [-0.05, 0) is 80.0 Å². The van der Waals surface area contributed by atoms with Crippen LogP contribution in [0.5, 0.6) is 0 Å². The topological polar surface area (TPSA) is 129 Å². The molecule has 0 saturated heterocycles. The van der Waals surface area contributed by atoms with Crippen molar-refractivity contribution in [2.24, 2.45) is 7.05 Å². The number of carboxylic acid groups (broad SMARTS) is 1. The molecule has 2 saturated carbocycles. The second kappa shape index (κ2) is 11.0. The summed E-state index contributed by atoms with van der Waals surface area (Å²) in [7, 11) is 1.70. The van der Waals surface area contributed by atoms with Crippen LogP contribution in [0.15, 0.2) is 72.8 Å². The molecule has 0 spiro atoms. The summed E-state index contributed by atoms with van der Waals surface area (Å²) < 4.78 is 1.60. The molecule has 0 radical (unpaired) electrons. The first-order valence-corrected chi connectivity index (χ1v) is 15.3. The number of aromatic carboxylic acids is 1. The second-order valence-corrected chi connectivity index (χ2v) is 12.3. The number of rotatable bonds is 7. The number of aromatic amines is 1. The van der Waals surface area contributed by atoms with Gasteiger partial charge in [-0.3, -0.25) is 14.7 Å². The number of anilines is 1. The van der Waals surface area contributed by atoms with E-state index in [-0.39, 0.29) is 17.5 Å². The van der Waals surface area contributed by atoms with Crippen molar-refractivity contribution in [3.05, 3.63) is 95.3 Å². The third kappa shape index (κ3) is 4.82. The first-order chi connectivity index (χ1) is 21.3. The Kier molecular flexibility index (Phi) is 6.95. The molecular formula is C35H35N5O4. The molecule has 2 aliphatic rings. The number of aromatic nitrogens is 3. The van der Waals surface area contributed by atoms with Gasteiger partial charge in [0.1, 0.15) is 11.2 Å². The number of amides is 2. The van der Waals surface area contributed by atoms with Crippen LogP contribution in [0.4, 0.5) is 5.69 Å². The van der Waals surface area contributed by atoms with E-state index in [1.807, 2.05) is 12.1 Å². The normalized spacial score (nSPS) is 19.4. The van der Waals surface area contributed by atoms with Crippen molar-refractivity contribution in [3.63, 3.8) is 0 Å². The Labute approximate surface area is 254 Å². The highest BCUT2D eigenvalue weighted by atomic mass is 16.4. The molecule has 0 aliphatic heterocycles. The quantitative estimate of drug-likeness (QED) is 0.173. The SMILES string of the molecule is Cn1c(C(=O)O)cc2cc(NC(=O)C3(NC(=O)c4ccc5c(C6CCCCC6c6ccccc6)[nH]nc5c4)CCC3)ccc21. The maximum atomic E-state index is 13.5. The number of aryl methyl sites for hydroxylation is 1. The van der Waals surface area contributed by atoms with Gasteiger partial charge in [-0.2, -0.15) is 5.10 Å². The van der Waals surface area contributed by atoms with Crippen LogP contribution in [0.25, 0.3) is 21.8 Å². The minimum absolute atomic E-state index is 0.168. The molecule has 2 aromatic heterocycles. The zero-order chi connectivity index (χ0) is 30.4. The monoisotopic (exact) mass is 589 g/mol. The Morgan fingerprint density at radius 1 is 0.932 bits per heavy atom. The molecule has 2 atom stereocenters. The molecule has 9 nitrogen and oxygen atoms in total. The van der Waals surface area contributed by atoms with Crippen LogP contribution in [0, 0.1) is 0 Å². The predicted octanol–water partition coefficient (Wildman–Crippen LogP) is 6.49. The van der Waals surface area contributed by atoms with Gasteiger partial charge in [0.25, 0.3) is 5.91 Å². The van der Waals surface area contributed by atoms with E-state index in [4.69, 9.17) is 0 Å². The largest absolute Gasteiger partial charge is 0.477 e. The van der Waals surface area contributed by atoms with E-state index in [0.29, 0.717) is 41.3 Å². The van der Waals surface area contributed by atoms with E-state index in [2.05, 4.69) is 51.2 Å². The van der Waals surface area contributed by atoms with Crippen molar-refractivity contribution in [2.45, 2.75) is 62.3 Å². The lowest BCUT2D eigenvalue weighted by atomic mass is 9.73. The molecule has 2 heterocycles. The molecule has 2 amide bonds. The first-order valence-electron chi connectivity index (χ1n) is 15.3. The zero-order valence-electron chi connectivity index (χ0n) is 24.6. The average molecular weight is 590 g/mol. The van der Waals surface area contributed by atoms with Gasteiger partial charge in [-0.15, -0.1) is 0 Å². The Bertz CT molecular complexity index is 1900. The molecular weight excluding hydrogens is 554 g/mol. The molecule has 5 aromatic rings. The van der Waals surface area contributed by atoms with E-state index in [0.717, 1.165) is 41.4 Å². The third-order valence-corrected chi connectivity index (χ3v) is 9.73. The Hall–Kier alpha value is -4.92. The van der Waals surface area contributed by atoms with Crippen molar-refractivity contribution in [1.29, 1.82) is 0 Å². The van der Waals surface area contributed by atoms with E-state index in [9.17, 15) is 19.5 Å². The van der Waals surface area contributed by atoms with Gasteiger partial charge in [0, 0.05) is 46.2 Å². The molecule has 0 bridgehead atoms. The van der Waals surface area contributed by atoms with Crippen LogP contribution in [0.1, 0.15) is 88.9 Å². The van der Waals surface area contributed by atoms with Crippen molar-refractivity contribution >= 4 is 45.3 Å². The summed E-state index contributed by atoms with van der Waals surface area (Å²) in [4.78, 5) is 38.5. The summed E-state index contributed by atoms with van der Waals surface area (Å²) in [5.74, 6) is -0.840. The number of fused-ring (bicyclic) bond motifs is 2. The highest BCUT2D eigenvalue weighted by molar-refractivity contribution is 6.06. The van der Waals surface area contributed by atoms with Gasteiger partial charge >= 0.3 is 5.97 Å². The van der Waals surface area contributed by atoms with Gasteiger partial charge in [0.15, 0.2) is 0 Å². The van der Waals surface area contributed by atoms with Crippen LogP contribution in [-0.4, -0.2) is 43.2 Å². The summed E-state index contributed by atoms with van der Waals surface area (Å²) in [6.07, 6.45) is 6.55. The first kappa shape index (κ1) is 27.9. The molecule has 4 N–H and O–H groups in total. The number of hydrogen-bond donors (Lipinski definition) is 4. The number of nitrogens with one attached hydrogen (secondary N) is 3. The minimum atomic E-state index is -1.01. The number of benzene rings is 3. The number of carbonyl (C=O) groups is 3. The lowest BCUT2D eigenvalue weighted by molar-refractivity contribution is -0.125. The number of carbonyl (C=O) groups excluding carboxylic acids is 2. The molecule has 44 heavy (non-hydrogen) atoms. The summed E-state index contributed by atoms with van der Waals surface area (Å²) in [6.45, 7) is 0. The van der Waals surface area contributed by atoms with Gasteiger partial charge in [0.05, 0.1) is 5.52 Å². The fourth-order valence-corrected chi connectivity index (χ4v) is 7.14. The summed E-state index contributed by atoms with van der Waals surface area (Å²) in [6, 6.07) is 23.2. The van der Waals surface area contributed by atoms with E-state index in [1.165, 1.54) is 18.4 Å². The Morgan fingerprint density at radius 2 is 1.70 bits per heavy atom. The van der Waals surface area contributed by atoms with Crippen molar-refractivity contribution in [2.75, 3.05) is 5.32 Å². The summed E-state index contributed by atoms with van der Waals surface area (Å²) >= 11 is 0. The third-order valence-electron chi connectivity index (χ3n) is 9.73.